The number of carbonyl (C=O) groups excluding carboxylic acids is 1. The lowest BCUT2D eigenvalue weighted by molar-refractivity contribution is -0.113. The Morgan fingerprint density at radius 2 is 1.65 bits per heavy atom. The Bertz CT molecular complexity index is 1170. The van der Waals surface area contributed by atoms with Crippen LogP contribution in [0.15, 0.2) is 93.8 Å². The van der Waals surface area contributed by atoms with E-state index in [0.717, 1.165) is 26.9 Å². The van der Waals surface area contributed by atoms with E-state index in [0.29, 0.717) is 5.16 Å². The molecule has 0 saturated carbocycles. The van der Waals surface area contributed by atoms with E-state index in [-0.39, 0.29) is 11.7 Å². The zero-order chi connectivity index (χ0) is 21.6. The third kappa shape index (κ3) is 5.37. The van der Waals surface area contributed by atoms with Gasteiger partial charge in [-0.15, -0.1) is 10.2 Å². The first-order valence-electron chi connectivity index (χ1n) is 9.81. The Kier molecular flexibility index (Phi) is 6.74. The number of hydrogen-bond acceptors (Lipinski definition) is 5. The molecule has 0 bridgehead atoms. The van der Waals surface area contributed by atoms with Gasteiger partial charge in [-0.1, -0.05) is 83.7 Å². The summed E-state index contributed by atoms with van der Waals surface area (Å²) in [5.74, 6) is 0.961. The van der Waals surface area contributed by atoms with Gasteiger partial charge in [0.1, 0.15) is 0 Å². The van der Waals surface area contributed by atoms with Crippen LogP contribution < -0.4 is 5.32 Å². The average Bonchev–Trinajstić information content (AvgIpc) is 3.15. The van der Waals surface area contributed by atoms with E-state index in [9.17, 15) is 4.79 Å². The van der Waals surface area contributed by atoms with E-state index in [1.807, 2.05) is 66.2 Å². The Morgan fingerprint density at radius 1 is 0.935 bits per heavy atom. The molecule has 0 aliphatic carbocycles. The smallest absolute Gasteiger partial charge is 0.234 e. The Morgan fingerprint density at radius 3 is 2.42 bits per heavy atom. The van der Waals surface area contributed by atoms with Crippen molar-refractivity contribution < 1.29 is 4.79 Å². The molecule has 1 amide bonds. The highest BCUT2D eigenvalue weighted by molar-refractivity contribution is 8.00. The van der Waals surface area contributed by atoms with E-state index < -0.39 is 0 Å². The highest BCUT2D eigenvalue weighted by Crippen LogP contribution is 2.33. The molecule has 1 N–H and O–H groups in total. The molecule has 0 radical (unpaired) electrons. The molecule has 0 saturated heterocycles. The Labute approximate surface area is 190 Å². The highest BCUT2D eigenvalue weighted by atomic mass is 32.2. The molecule has 4 rings (SSSR count). The number of hydrogen-bond donors (Lipinski definition) is 1. The summed E-state index contributed by atoms with van der Waals surface area (Å²) in [4.78, 5) is 14.8. The van der Waals surface area contributed by atoms with Crippen LogP contribution in [0.1, 0.15) is 5.56 Å². The minimum Gasteiger partial charge on any atom is -0.324 e. The number of thioether (sulfide) groups is 1. The molecule has 0 fully saturated rings. The highest BCUT2D eigenvalue weighted by Gasteiger charge is 2.14. The summed E-state index contributed by atoms with van der Waals surface area (Å²) in [7, 11) is 1.92. The predicted octanol–water partition coefficient (Wildman–Crippen LogP) is 5.67. The lowest BCUT2D eigenvalue weighted by Crippen LogP contribution is -2.15. The van der Waals surface area contributed by atoms with Gasteiger partial charge in [-0.25, -0.2) is 0 Å². The van der Waals surface area contributed by atoms with Crippen molar-refractivity contribution in [2.24, 2.45) is 7.05 Å². The van der Waals surface area contributed by atoms with E-state index >= 15 is 0 Å². The summed E-state index contributed by atoms with van der Waals surface area (Å²) in [6.07, 6.45) is 0. The second-order valence-electron chi connectivity index (χ2n) is 6.98. The molecule has 4 aromatic rings. The summed E-state index contributed by atoms with van der Waals surface area (Å²) < 4.78 is 1.92. The van der Waals surface area contributed by atoms with Crippen molar-refractivity contribution in [1.82, 2.24) is 14.8 Å². The molecule has 5 nitrogen and oxygen atoms in total. The number of aryl methyl sites for hydroxylation is 1. The molecule has 0 aliphatic rings. The van der Waals surface area contributed by atoms with Gasteiger partial charge in [0.25, 0.3) is 0 Å². The van der Waals surface area contributed by atoms with Crippen LogP contribution in [-0.2, 0) is 11.8 Å². The van der Waals surface area contributed by atoms with Gasteiger partial charge in [-0.3, -0.25) is 4.79 Å². The van der Waals surface area contributed by atoms with Gasteiger partial charge in [0.2, 0.25) is 5.91 Å². The van der Waals surface area contributed by atoms with Crippen molar-refractivity contribution in [3.63, 3.8) is 0 Å². The van der Waals surface area contributed by atoms with Gasteiger partial charge in [0.15, 0.2) is 11.0 Å². The number of amides is 1. The number of carbonyl (C=O) groups is 1. The Balaban J connectivity index is 1.40. The monoisotopic (exact) mass is 446 g/mol. The minimum atomic E-state index is -0.0778. The molecule has 0 unspecified atom stereocenters. The van der Waals surface area contributed by atoms with Crippen LogP contribution in [0.25, 0.3) is 11.4 Å². The fourth-order valence-corrected chi connectivity index (χ4v) is 4.62. The second-order valence-corrected chi connectivity index (χ2v) is 9.04. The van der Waals surface area contributed by atoms with E-state index in [1.54, 1.807) is 11.8 Å². The maximum absolute atomic E-state index is 12.6. The molecule has 3 aromatic carbocycles. The van der Waals surface area contributed by atoms with Crippen molar-refractivity contribution >= 4 is 35.1 Å². The first-order valence-corrected chi connectivity index (χ1v) is 11.6. The first-order chi connectivity index (χ1) is 15.1. The molecule has 156 valence electrons. The summed E-state index contributed by atoms with van der Waals surface area (Å²) in [5, 5.41) is 12.3. The summed E-state index contributed by atoms with van der Waals surface area (Å²) >= 11 is 3.00. The molecule has 0 spiro atoms. The van der Waals surface area contributed by atoms with E-state index in [1.165, 1.54) is 17.3 Å². The van der Waals surface area contributed by atoms with Crippen molar-refractivity contribution in [3.05, 3.63) is 84.4 Å². The van der Waals surface area contributed by atoms with Crippen LogP contribution in [0.4, 0.5) is 5.69 Å². The molecule has 0 atom stereocenters. The van der Waals surface area contributed by atoms with Gasteiger partial charge >= 0.3 is 0 Å². The molecule has 1 aromatic heterocycles. The maximum atomic E-state index is 12.6. The topological polar surface area (TPSA) is 59.8 Å². The number of aromatic nitrogens is 3. The van der Waals surface area contributed by atoms with Gasteiger partial charge in [0.05, 0.1) is 11.4 Å². The standard InChI is InChI=1S/C24H22N4OS2/c1-17-12-14-18(15-13-17)23-26-27-24(28(23)2)30-16-22(29)25-20-10-6-7-11-21(20)31-19-8-4-3-5-9-19/h3-15H,16H2,1-2H3,(H,25,29). The molecule has 31 heavy (non-hydrogen) atoms. The fraction of sp³-hybridized carbons (Fsp3) is 0.125. The van der Waals surface area contributed by atoms with Crippen LogP contribution in [0, 0.1) is 6.92 Å². The molecular formula is C24H22N4OS2. The zero-order valence-electron chi connectivity index (χ0n) is 17.3. The number of rotatable bonds is 7. The second kappa shape index (κ2) is 9.85. The van der Waals surface area contributed by atoms with Gasteiger partial charge in [-0.2, -0.15) is 0 Å². The lowest BCUT2D eigenvalue weighted by atomic mass is 10.1. The Hall–Kier alpha value is -3.03. The number of anilines is 1. The fourth-order valence-electron chi connectivity index (χ4n) is 2.99. The number of benzene rings is 3. The van der Waals surface area contributed by atoms with Crippen LogP contribution in [0.5, 0.6) is 0 Å². The normalized spacial score (nSPS) is 10.8. The average molecular weight is 447 g/mol. The molecule has 7 heteroatoms. The van der Waals surface area contributed by atoms with Crippen molar-refractivity contribution in [2.45, 2.75) is 21.9 Å². The van der Waals surface area contributed by atoms with Gasteiger partial charge < -0.3 is 9.88 Å². The molecular weight excluding hydrogens is 424 g/mol. The summed E-state index contributed by atoms with van der Waals surface area (Å²) in [5.41, 5.74) is 3.01. The number of nitrogens with one attached hydrogen (secondary N) is 1. The van der Waals surface area contributed by atoms with Crippen molar-refractivity contribution in [1.29, 1.82) is 0 Å². The quantitative estimate of drug-likeness (QED) is 0.371. The predicted molar refractivity (Wildman–Crippen MR) is 128 cm³/mol. The third-order valence-corrected chi connectivity index (χ3v) is 6.71. The third-order valence-electron chi connectivity index (χ3n) is 4.61. The lowest BCUT2D eigenvalue weighted by Gasteiger charge is -2.10. The van der Waals surface area contributed by atoms with Crippen molar-refractivity contribution in [2.75, 3.05) is 11.1 Å². The maximum Gasteiger partial charge on any atom is 0.234 e. The van der Waals surface area contributed by atoms with Gasteiger partial charge in [0, 0.05) is 22.4 Å². The van der Waals surface area contributed by atoms with Crippen LogP contribution in [0.3, 0.4) is 0 Å². The van der Waals surface area contributed by atoms with Crippen molar-refractivity contribution in [3.8, 4) is 11.4 Å². The van der Waals surface area contributed by atoms with E-state index in [2.05, 4.69) is 46.7 Å². The molecule has 1 heterocycles. The van der Waals surface area contributed by atoms with Crippen LogP contribution in [0.2, 0.25) is 0 Å². The summed E-state index contributed by atoms with van der Waals surface area (Å²) in [6.45, 7) is 2.05. The summed E-state index contributed by atoms with van der Waals surface area (Å²) in [6, 6.07) is 26.1. The molecule has 0 aliphatic heterocycles. The SMILES string of the molecule is Cc1ccc(-c2nnc(SCC(=O)Nc3ccccc3Sc3ccccc3)n2C)cc1. The van der Waals surface area contributed by atoms with E-state index in [4.69, 9.17) is 0 Å². The largest absolute Gasteiger partial charge is 0.324 e. The number of nitrogens with zero attached hydrogens (tertiary/aromatic N) is 3. The first kappa shape index (κ1) is 21.2. The van der Waals surface area contributed by atoms with Crippen LogP contribution >= 0.6 is 23.5 Å². The number of para-hydroxylation sites is 1. The van der Waals surface area contributed by atoms with Crippen LogP contribution in [-0.4, -0.2) is 26.4 Å². The zero-order valence-corrected chi connectivity index (χ0v) is 18.9. The minimum absolute atomic E-state index is 0.0778. The van der Waals surface area contributed by atoms with Gasteiger partial charge in [-0.05, 0) is 31.2 Å².